The SMILES string of the molecule is CC(C)c1ccc(CC2CCCCC#CC2(F)F)cc1. The van der Waals surface area contributed by atoms with E-state index in [1.807, 2.05) is 24.3 Å². The van der Waals surface area contributed by atoms with Crippen molar-refractivity contribution < 1.29 is 8.78 Å². The zero-order valence-electron chi connectivity index (χ0n) is 12.3. The molecule has 20 heavy (non-hydrogen) atoms. The van der Waals surface area contributed by atoms with Gasteiger partial charge >= 0.3 is 5.92 Å². The monoisotopic (exact) mass is 276 g/mol. The van der Waals surface area contributed by atoms with Crippen molar-refractivity contribution in [2.45, 2.75) is 57.8 Å². The van der Waals surface area contributed by atoms with Crippen molar-refractivity contribution in [2.75, 3.05) is 0 Å². The molecular weight excluding hydrogens is 254 g/mol. The van der Waals surface area contributed by atoms with Crippen molar-refractivity contribution in [3.05, 3.63) is 35.4 Å². The highest BCUT2D eigenvalue weighted by atomic mass is 19.3. The summed E-state index contributed by atoms with van der Waals surface area (Å²) in [4.78, 5) is 0. The summed E-state index contributed by atoms with van der Waals surface area (Å²) >= 11 is 0. The van der Waals surface area contributed by atoms with Crippen LogP contribution in [0.3, 0.4) is 0 Å². The van der Waals surface area contributed by atoms with Crippen LogP contribution in [0, 0.1) is 17.8 Å². The molecule has 2 rings (SSSR count). The fourth-order valence-corrected chi connectivity index (χ4v) is 2.62. The van der Waals surface area contributed by atoms with Gasteiger partial charge in [-0.2, -0.15) is 8.78 Å². The maximum atomic E-state index is 14.0. The molecule has 0 bridgehead atoms. The highest BCUT2D eigenvalue weighted by Gasteiger charge is 2.37. The van der Waals surface area contributed by atoms with Crippen molar-refractivity contribution in [3.8, 4) is 11.8 Å². The normalized spacial score (nSPS) is 21.8. The third kappa shape index (κ3) is 3.82. The van der Waals surface area contributed by atoms with Crippen molar-refractivity contribution in [1.82, 2.24) is 0 Å². The Morgan fingerprint density at radius 3 is 2.55 bits per heavy atom. The highest BCUT2D eigenvalue weighted by Crippen LogP contribution is 2.33. The van der Waals surface area contributed by atoms with E-state index in [1.54, 1.807) is 0 Å². The van der Waals surface area contributed by atoms with Crippen molar-refractivity contribution in [1.29, 1.82) is 0 Å². The predicted molar refractivity (Wildman–Crippen MR) is 78.9 cm³/mol. The Bertz CT molecular complexity index is 488. The predicted octanol–water partition coefficient (Wildman–Crippen LogP) is 5.18. The number of benzene rings is 1. The van der Waals surface area contributed by atoms with E-state index < -0.39 is 11.8 Å². The molecule has 0 radical (unpaired) electrons. The molecule has 0 fully saturated rings. The lowest BCUT2D eigenvalue weighted by Crippen LogP contribution is -2.29. The average molecular weight is 276 g/mol. The minimum atomic E-state index is -2.85. The van der Waals surface area contributed by atoms with Crippen LogP contribution in [0.4, 0.5) is 8.78 Å². The molecule has 0 nitrogen and oxygen atoms in total. The summed E-state index contributed by atoms with van der Waals surface area (Å²) in [5.41, 5.74) is 2.24. The third-order valence-electron chi connectivity index (χ3n) is 4.00. The van der Waals surface area contributed by atoms with Crippen LogP contribution in [0.15, 0.2) is 24.3 Å². The quantitative estimate of drug-likeness (QED) is 0.667. The van der Waals surface area contributed by atoms with E-state index in [4.69, 9.17) is 0 Å². The van der Waals surface area contributed by atoms with Crippen LogP contribution in [0.2, 0.25) is 0 Å². The first kappa shape index (κ1) is 15.0. The van der Waals surface area contributed by atoms with Gasteiger partial charge in [-0.3, -0.25) is 0 Å². The maximum absolute atomic E-state index is 14.0. The summed E-state index contributed by atoms with van der Waals surface area (Å²) in [6.45, 7) is 4.26. The largest absolute Gasteiger partial charge is 0.311 e. The van der Waals surface area contributed by atoms with Crippen molar-refractivity contribution >= 4 is 0 Å². The summed E-state index contributed by atoms with van der Waals surface area (Å²) < 4.78 is 28.1. The van der Waals surface area contributed by atoms with Gasteiger partial charge in [-0.05, 0) is 42.2 Å². The van der Waals surface area contributed by atoms with Crippen LogP contribution in [0.5, 0.6) is 0 Å². The number of hydrogen-bond acceptors (Lipinski definition) is 0. The summed E-state index contributed by atoms with van der Waals surface area (Å²) in [6.07, 6.45) is 3.37. The van der Waals surface area contributed by atoms with Crippen LogP contribution in [-0.2, 0) is 6.42 Å². The number of alkyl halides is 2. The fourth-order valence-electron chi connectivity index (χ4n) is 2.62. The smallest absolute Gasteiger partial charge is 0.192 e. The van der Waals surface area contributed by atoms with E-state index in [9.17, 15) is 8.78 Å². The molecule has 0 amide bonds. The second-order valence-corrected chi connectivity index (χ2v) is 5.97. The lowest BCUT2D eigenvalue weighted by Gasteiger charge is -2.24. The topological polar surface area (TPSA) is 0 Å². The van der Waals surface area contributed by atoms with Gasteiger partial charge in [-0.15, -0.1) is 0 Å². The van der Waals surface area contributed by atoms with Crippen LogP contribution in [0.1, 0.15) is 56.6 Å². The minimum Gasteiger partial charge on any atom is -0.192 e. The molecule has 0 aliphatic heterocycles. The summed E-state index contributed by atoms with van der Waals surface area (Å²) in [5, 5.41) is 0. The molecule has 1 aliphatic rings. The van der Waals surface area contributed by atoms with Crippen molar-refractivity contribution in [2.24, 2.45) is 5.92 Å². The molecule has 2 heteroatoms. The molecule has 0 N–H and O–H groups in total. The summed E-state index contributed by atoms with van der Waals surface area (Å²) in [6, 6.07) is 8.06. The van der Waals surface area contributed by atoms with Crippen LogP contribution in [-0.4, -0.2) is 5.92 Å². The van der Waals surface area contributed by atoms with Gasteiger partial charge in [0.1, 0.15) is 0 Å². The molecular formula is C18H22F2. The molecule has 1 aromatic carbocycles. The van der Waals surface area contributed by atoms with E-state index in [1.165, 1.54) is 5.56 Å². The zero-order chi connectivity index (χ0) is 14.6. The van der Waals surface area contributed by atoms with E-state index >= 15 is 0 Å². The van der Waals surface area contributed by atoms with Gasteiger partial charge in [0, 0.05) is 12.3 Å². The lowest BCUT2D eigenvalue weighted by atomic mass is 9.86. The van der Waals surface area contributed by atoms with Gasteiger partial charge in [0.2, 0.25) is 0 Å². The Labute approximate surface area is 120 Å². The standard InChI is InChI=1S/C18H22F2/c1-14(2)16-10-8-15(9-11-16)13-17-7-5-3-4-6-12-18(17,19)20/h8-11,14,17H,3-5,7,13H2,1-2H3. The average Bonchev–Trinajstić information content (AvgIpc) is 2.40. The summed E-state index contributed by atoms with van der Waals surface area (Å²) in [7, 11) is 0. The van der Waals surface area contributed by atoms with Gasteiger partial charge in [0.15, 0.2) is 0 Å². The molecule has 1 aromatic rings. The lowest BCUT2D eigenvalue weighted by molar-refractivity contribution is -0.00442. The van der Waals surface area contributed by atoms with Gasteiger partial charge in [0.05, 0.1) is 0 Å². The van der Waals surface area contributed by atoms with E-state index in [-0.39, 0.29) is 0 Å². The Morgan fingerprint density at radius 1 is 1.20 bits per heavy atom. The molecule has 1 atom stereocenters. The van der Waals surface area contributed by atoms with E-state index in [0.717, 1.165) is 18.4 Å². The molecule has 0 saturated carbocycles. The van der Waals surface area contributed by atoms with Crippen LogP contribution >= 0.6 is 0 Å². The van der Waals surface area contributed by atoms with Gasteiger partial charge < -0.3 is 0 Å². The van der Waals surface area contributed by atoms with Gasteiger partial charge in [-0.25, -0.2) is 0 Å². The Balaban J connectivity index is 2.11. The molecule has 0 saturated heterocycles. The third-order valence-corrected chi connectivity index (χ3v) is 4.00. The Hall–Kier alpha value is -1.36. The van der Waals surface area contributed by atoms with Crippen LogP contribution < -0.4 is 0 Å². The number of hydrogen-bond donors (Lipinski definition) is 0. The van der Waals surface area contributed by atoms with Gasteiger partial charge in [0.25, 0.3) is 0 Å². The van der Waals surface area contributed by atoms with E-state index in [0.29, 0.717) is 25.2 Å². The highest BCUT2D eigenvalue weighted by molar-refractivity contribution is 5.26. The minimum absolute atomic E-state index is 0.417. The molecule has 1 unspecified atom stereocenters. The first-order valence-corrected chi connectivity index (χ1v) is 7.45. The Morgan fingerprint density at radius 2 is 1.90 bits per heavy atom. The molecule has 0 heterocycles. The van der Waals surface area contributed by atoms with Crippen LogP contribution in [0.25, 0.3) is 0 Å². The first-order valence-electron chi connectivity index (χ1n) is 7.45. The number of halogens is 2. The van der Waals surface area contributed by atoms with E-state index in [2.05, 4.69) is 25.7 Å². The van der Waals surface area contributed by atoms with Gasteiger partial charge in [-0.1, -0.05) is 50.5 Å². The Kier molecular flexibility index (Phi) is 4.81. The zero-order valence-corrected chi connectivity index (χ0v) is 12.3. The summed E-state index contributed by atoms with van der Waals surface area (Å²) in [5.74, 6) is 1.76. The molecule has 0 spiro atoms. The maximum Gasteiger partial charge on any atom is 0.311 e. The fraction of sp³-hybridized carbons (Fsp3) is 0.556. The second-order valence-electron chi connectivity index (χ2n) is 5.97. The molecule has 1 aliphatic carbocycles. The molecule has 0 aromatic heterocycles. The molecule has 108 valence electrons. The first-order chi connectivity index (χ1) is 9.49. The van der Waals surface area contributed by atoms with Crippen molar-refractivity contribution in [3.63, 3.8) is 0 Å². The second kappa shape index (κ2) is 6.39. The number of rotatable bonds is 3.